The predicted molar refractivity (Wildman–Crippen MR) is 81.2 cm³/mol. The first-order valence-corrected chi connectivity index (χ1v) is 7.35. The SMILES string of the molecule is Cc1cc(OC(C)C)ccc1NC(=O)CCNC1CC1. The van der Waals surface area contributed by atoms with Gasteiger partial charge in [-0.2, -0.15) is 0 Å². The number of hydrogen-bond donors (Lipinski definition) is 2. The molecule has 0 spiro atoms. The molecule has 0 saturated heterocycles. The van der Waals surface area contributed by atoms with Crippen molar-refractivity contribution in [1.82, 2.24) is 5.32 Å². The summed E-state index contributed by atoms with van der Waals surface area (Å²) in [7, 11) is 0. The van der Waals surface area contributed by atoms with Crippen LogP contribution in [-0.2, 0) is 4.79 Å². The number of benzene rings is 1. The predicted octanol–water partition coefficient (Wildman–Crippen LogP) is 2.86. The smallest absolute Gasteiger partial charge is 0.225 e. The third-order valence-electron chi connectivity index (χ3n) is 3.21. The quantitative estimate of drug-likeness (QED) is 0.805. The van der Waals surface area contributed by atoms with E-state index in [9.17, 15) is 4.79 Å². The molecule has 1 aromatic rings. The summed E-state index contributed by atoms with van der Waals surface area (Å²) in [5, 5.41) is 6.29. The minimum atomic E-state index is 0.0544. The molecule has 110 valence electrons. The number of rotatable bonds is 7. The van der Waals surface area contributed by atoms with Gasteiger partial charge in [0.25, 0.3) is 0 Å². The van der Waals surface area contributed by atoms with Gasteiger partial charge >= 0.3 is 0 Å². The monoisotopic (exact) mass is 276 g/mol. The molecule has 2 rings (SSSR count). The molecule has 20 heavy (non-hydrogen) atoms. The maximum absolute atomic E-state index is 11.8. The molecule has 4 nitrogen and oxygen atoms in total. The largest absolute Gasteiger partial charge is 0.491 e. The van der Waals surface area contributed by atoms with Crippen LogP contribution in [0.3, 0.4) is 0 Å². The number of ether oxygens (including phenoxy) is 1. The highest BCUT2D eigenvalue weighted by molar-refractivity contribution is 5.91. The Labute approximate surface area is 120 Å². The number of carbonyl (C=O) groups is 1. The van der Waals surface area contributed by atoms with E-state index in [-0.39, 0.29) is 12.0 Å². The van der Waals surface area contributed by atoms with Crippen LogP contribution in [-0.4, -0.2) is 24.6 Å². The second kappa shape index (κ2) is 6.75. The Kier molecular flexibility index (Phi) is 5.01. The summed E-state index contributed by atoms with van der Waals surface area (Å²) in [5.41, 5.74) is 1.88. The van der Waals surface area contributed by atoms with Gasteiger partial charge in [-0.05, 0) is 57.4 Å². The zero-order valence-corrected chi connectivity index (χ0v) is 12.5. The summed E-state index contributed by atoms with van der Waals surface area (Å²) >= 11 is 0. The molecule has 1 aliphatic carbocycles. The van der Waals surface area contributed by atoms with Crippen LogP contribution in [0, 0.1) is 6.92 Å². The minimum absolute atomic E-state index is 0.0544. The van der Waals surface area contributed by atoms with Crippen molar-refractivity contribution in [1.29, 1.82) is 0 Å². The Balaban J connectivity index is 1.83. The summed E-state index contributed by atoms with van der Waals surface area (Å²) in [5.74, 6) is 0.893. The van der Waals surface area contributed by atoms with Crippen molar-refractivity contribution in [2.24, 2.45) is 0 Å². The van der Waals surface area contributed by atoms with Crippen molar-refractivity contribution in [2.75, 3.05) is 11.9 Å². The van der Waals surface area contributed by atoms with Crippen LogP contribution in [0.2, 0.25) is 0 Å². The van der Waals surface area contributed by atoms with Crippen LogP contribution in [0.4, 0.5) is 5.69 Å². The number of anilines is 1. The van der Waals surface area contributed by atoms with Gasteiger partial charge in [0, 0.05) is 24.7 Å². The van der Waals surface area contributed by atoms with Crippen molar-refractivity contribution in [2.45, 2.75) is 52.2 Å². The Morgan fingerprint density at radius 3 is 2.75 bits per heavy atom. The Morgan fingerprint density at radius 2 is 2.15 bits per heavy atom. The fourth-order valence-corrected chi connectivity index (χ4v) is 2.01. The number of aryl methyl sites for hydroxylation is 1. The molecule has 0 atom stereocenters. The van der Waals surface area contributed by atoms with Gasteiger partial charge < -0.3 is 15.4 Å². The molecule has 1 aliphatic rings. The lowest BCUT2D eigenvalue weighted by Gasteiger charge is -2.13. The van der Waals surface area contributed by atoms with E-state index in [2.05, 4.69) is 10.6 Å². The molecule has 0 aliphatic heterocycles. The van der Waals surface area contributed by atoms with Crippen LogP contribution in [0.1, 0.15) is 38.7 Å². The molecule has 1 saturated carbocycles. The van der Waals surface area contributed by atoms with Crippen molar-refractivity contribution in [3.63, 3.8) is 0 Å². The first-order valence-electron chi connectivity index (χ1n) is 7.35. The average Bonchev–Trinajstić information content (AvgIpc) is 3.16. The van der Waals surface area contributed by atoms with E-state index >= 15 is 0 Å². The molecular weight excluding hydrogens is 252 g/mol. The molecule has 0 bridgehead atoms. The third-order valence-corrected chi connectivity index (χ3v) is 3.21. The fraction of sp³-hybridized carbons (Fsp3) is 0.562. The average molecular weight is 276 g/mol. The summed E-state index contributed by atoms with van der Waals surface area (Å²) in [6.07, 6.45) is 3.17. The second-order valence-corrected chi connectivity index (χ2v) is 5.67. The van der Waals surface area contributed by atoms with Crippen LogP contribution < -0.4 is 15.4 Å². The van der Waals surface area contributed by atoms with Gasteiger partial charge in [0.1, 0.15) is 5.75 Å². The standard InChI is InChI=1S/C16H24N2O2/c1-11(2)20-14-6-7-15(12(3)10-14)18-16(19)8-9-17-13-4-5-13/h6-7,10-11,13,17H,4-5,8-9H2,1-3H3,(H,18,19). The molecule has 0 heterocycles. The second-order valence-electron chi connectivity index (χ2n) is 5.67. The number of amides is 1. The van der Waals surface area contributed by atoms with Gasteiger partial charge in [-0.15, -0.1) is 0 Å². The Morgan fingerprint density at radius 1 is 1.40 bits per heavy atom. The van der Waals surface area contributed by atoms with Crippen LogP contribution >= 0.6 is 0 Å². The topological polar surface area (TPSA) is 50.4 Å². The van der Waals surface area contributed by atoms with E-state index in [0.717, 1.165) is 23.5 Å². The minimum Gasteiger partial charge on any atom is -0.491 e. The summed E-state index contributed by atoms with van der Waals surface area (Å²) in [6.45, 7) is 6.73. The molecule has 0 unspecified atom stereocenters. The highest BCUT2D eigenvalue weighted by Gasteiger charge is 2.20. The van der Waals surface area contributed by atoms with Crippen LogP contribution in [0.15, 0.2) is 18.2 Å². The van der Waals surface area contributed by atoms with Gasteiger partial charge in [0.15, 0.2) is 0 Å². The van der Waals surface area contributed by atoms with E-state index in [4.69, 9.17) is 4.74 Å². The van der Waals surface area contributed by atoms with E-state index < -0.39 is 0 Å². The van der Waals surface area contributed by atoms with E-state index in [1.54, 1.807) is 0 Å². The van der Waals surface area contributed by atoms with E-state index in [1.165, 1.54) is 12.8 Å². The maximum atomic E-state index is 11.8. The molecule has 2 N–H and O–H groups in total. The summed E-state index contributed by atoms with van der Waals surface area (Å²) in [4.78, 5) is 11.8. The van der Waals surface area contributed by atoms with Crippen molar-refractivity contribution < 1.29 is 9.53 Å². The molecular formula is C16H24N2O2. The highest BCUT2D eigenvalue weighted by atomic mass is 16.5. The van der Waals surface area contributed by atoms with Gasteiger partial charge in [-0.25, -0.2) is 0 Å². The highest BCUT2D eigenvalue weighted by Crippen LogP contribution is 2.22. The Hall–Kier alpha value is -1.55. The maximum Gasteiger partial charge on any atom is 0.225 e. The zero-order chi connectivity index (χ0) is 14.5. The summed E-state index contributed by atoms with van der Waals surface area (Å²) in [6, 6.07) is 6.40. The lowest BCUT2D eigenvalue weighted by molar-refractivity contribution is -0.116. The summed E-state index contributed by atoms with van der Waals surface area (Å²) < 4.78 is 5.63. The van der Waals surface area contributed by atoms with Crippen LogP contribution in [0.25, 0.3) is 0 Å². The Bertz CT molecular complexity index is 468. The fourth-order valence-electron chi connectivity index (χ4n) is 2.01. The molecule has 1 aromatic carbocycles. The van der Waals surface area contributed by atoms with Gasteiger partial charge in [0.2, 0.25) is 5.91 Å². The number of hydrogen-bond acceptors (Lipinski definition) is 3. The van der Waals surface area contributed by atoms with Crippen molar-refractivity contribution in [3.05, 3.63) is 23.8 Å². The van der Waals surface area contributed by atoms with Crippen LogP contribution in [0.5, 0.6) is 5.75 Å². The van der Waals surface area contributed by atoms with E-state index in [0.29, 0.717) is 12.5 Å². The molecule has 1 fully saturated rings. The van der Waals surface area contributed by atoms with Gasteiger partial charge in [0.05, 0.1) is 6.10 Å². The molecule has 0 aromatic heterocycles. The van der Waals surface area contributed by atoms with Gasteiger partial charge in [-0.1, -0.05) is 0 Å². The number of nitrogens with one attached hydrogen (secondary N) is 2. The van der Waals surface area contributed by atoms with Gasteiger partial charge in [-0.3, -0.25) is 4.79 Å². The van der Waals surface area contributed by atoms with Crippen molar-refractivity contribution >= 4 is 11.6 Å². The lowest BCUT2D eigenvalue weighted by atomic mass is 10.2. The molecule has 4 heteroatoms. The van der Waals surface area contributed by atoms with Crippen molar-refractivity contribution in [3.8, 4) is 5.75 Å². The molecule has 1 amide bonds. The lowest BCUT2D eigenvalue weighted by Crippen LogP contribution is -2.23. The zero-order valence-electron chi connectivity index (χ0n) is 12.5. The van der Waals surface area contributed by atoms with E-state index in [1.807, 2.05) is 39.0 Å². The first kappa shape index (κ1) is 14.9. The first-order chi connectivity index (χ1) is 9.54. The number of carbonyl (C=O) groups excluding carboxylic acids is 1. The third kappa shape index (κ3) is 4.85. The molecule has 0 radical (unpaired) electrons. The normalized spacial score (nSPS) is 14.4.